The quantitative estimate of drug-likeness (QED) is 0.614. The van der Waals surface area contributed by atoms with Gasteiger partial charge in [0.15, 0.2) is 5.11 Å². The number of carbonyl (C=O) groups excluding carboxylic acids is 1. The van der Waals surface area contributed by atoms with Gasteiger partial charge >= 0.3 is 5.97 Å². The highest BCUT2D eigenvalue weighted by Crippen LogP contribution is 2.55. The van der Waals surface area contributed by atoms with E-state index in [2.05, 4.69) is 15.4 Å². The minimum absolute atomic E-state index is 0.199. The van der Waals surface area contributed by atoms with E-state index in [1.54, 1.807) is 0 Å². The van der Waals surface area contributed by atoms with Crippen molar-refractivity contribution in [2.24, 2.45) is 17.8 Å². The summed E-state index contributed by atoms with van der Waals surface area (Å²) in [6, 6.07) is 0. The standard InChI is InChI=1S/C15H24N2O2S/c1-19-13(18)2-3-16-14(20)17-15-7-10-4-11(8-15)6-12(5-10)9-15/h10-12H,2-9H2,1H3,(H2,16,17,20). The van der Waals surface area contributed by atoms with Crippen molar-refractivity contribution in [3.05, 3.63) is 0 Å². The zero-order valence-electron chi connectivity index (χ0n) is 12.1. The second-order valence-corrected chi connectivity index (χ2v) is 7.31. The summed E-state index contributed by atoms with van der Waals surface area (Å²) in [5, 5.41) is 7.43. The SMILES string of the molecule is COC(=O)CCNC(=S)NC12CC3CC(CC(C3)C1)C2. The van der Waals surface area contributed by atoms with E-state index in [-0.39, 0.29) is 11.5 Å². The highest BCUT2D eigenvalue weighted by atomic mass is 32.1. The summed E-state index contributed by atoms with van der Waals surface area (Å²) >= 11 is 5.40. The first-order valence-corrected chi connectivity index (χ1v) is 8.12. The molecule has 0 aromatic carbocycles. The monoisotopic (exact) mass is 296 g/mol. The Morgan fingerprint density at radius 1 is 1.20 bits per heavy atom. The molecular formula is C15H24N2O2S. The Morgan fingerprint density at radius 3 is 2.25 bits per heavy atom. The van der Waals surface area contributed by atoms with Gasteiger partial charge in [-0.25, -0.2) is 0 Å². The van der Waals surface area contributed by atoms with E-state index in [1.807, 2.05) is 0 Å². The number of esters is 1. The maximum atomic E-state index is 11.1. The van der Waals surface area contributed by atoms with Crippen LogP contribution >= 0.6 is 12.2 Å². The lowest BCUT2D eigenvalue weighted by Gasteiger charge is -2.57. The molecule has 20 heavy (non-hydrogen) atoms. The van der Waals surface area contributed by atoms with E-state index in [9.17, 15) is 4.79 Å². The van der Waals surface area contributed by atoms with Crippen molar-refractivity contribution in [3.63, 3.8) is 0 Å². The molecule has 0 aliphatic heterocycles. The molecule has 0 aromatic rings. The third-order valence-electron chi connectivity index (χ3n) is 5.26. The summed E-state index contributed by atoms with van der Waals surface area (Å²) in [6.07, 6.45) is 8.49. The Kier molecular flexibility index (Phi) is 3.89. The largest absolute Gasteiger partial charge is 0.469 e. The number of hydrogen-bond donors (Lipinski definition) is 2. The topological polar surface area (TPSA) is 50.4 Å². The molecule has 4 aliphatic carbocycles. The highest BCUT2D eigenvalue weighted by molar-refractivity contribution is 7.80. The van der Waals surface area contributed by atoms with Crippen LogP contribution in [0.2, 0.25) is 0 Å². The van der Waals surface area contributed by atoms with Crippen molar-refractivity contribution in [2.45, 2.75) is 50.5 Å². The van der Waals surface area contributed by atoms with Crippen molar-refractivity contribution in [1.82, 2.24) is 10.6 Å². The lowest BCUT2D eigenvalue weighted by molar-refractivity contribution is -0.140. The summed E-state index contributed by atoms with van der Waals surface area (Å²) in [7, 11) is 1.41. The average molecular weight is 296 g/mol. The summed E-state index contributed by atoms with van der Waals surface area (Å²) in [5.74, 6) is 2.53. The number of carbonyl (C=O) groups is 1. The Balaban J connectivity index is 1.50. The van der Waals surface area contributed by atoms with Crippen LogP contribution < -0.4 is 10.6 Å². The molecule has 0 radical (unpaired) electrons. The van der Waals surface area contributed by atoms with E-state index < -0.39 is 0 Å². The Labute approximate surface area is 126 Å². The van der Waals surface area contributed by atoms with Crippen LogP contribution in [0.3, 0.4) is 0 Å². The van der Waals surface area contributed by atoms with Crippen molar-refractivity contribution in [2.75, 3.05) is 13.7 Å². The Bertz CT molecular complexity index is 375. The molecule has 4 fully saturated rings. The smallest absolute Gasteiger partial charge is 0.307 e. The lowest BCUT2D eigenvalue weighted by Crippen LogP contribution is -2.61. The molecule has 0 heterocycles. The van der Waals surface area contributed by atoms with Gasteiger partial charge in [-0.2, -0.15) is 0 Å². The summed E-state index contributed by atoms with van der Waals surface area (Å²) in [6.45, 7) is 0.547. The van der Waals surface area contributed by atoms with E-state index >= 15 is 0 Å². The van der Waals surface area contributed by atoms with Gasteiger partial charge < -0.3 is 15.4 Å². The fourth-order valence-electron chi connectivity index (χ4n) is 4.93. The van der Waals surface area contributed by atoms with Crippen LogP contribution in [-0.4, -0.2) is 30.3 Å². The van der Waals surface area contributed by atoms with Gasteiger partial charge in [-0.3, -0.25) is 4.79 Å². The average Bonchev–Trinajstić information content (AvgIpc) is 2.36. The van der Waals surface area contributed by atoms with Gasteiger partial charge in [0.2, 0.25) is 0 Å². The Hall–Kier alpha value is -0.840. The van der Waals surface area contributed by atoms with E-state index in [0.29, 0.717) is 18.1 Å². The molecule has 0 spiro atoms. The molecule has 0 saturated heterocycles. The summed E-state index contributed by atoms with van der Waals surface area (Å²) in [5.41, 5.74) is 0.240. The van der Waals surface area contributed by atoms with Crippen LogP contribution in [0.25, 0.3) is 0 Å². The highest BCUT2D eigenvalue weighted by Gasteiger charge is 2.51. The molecule has 4 aliphatic rings. The number of rotatable bonds is 4. The number of thiocarbonyl (C=S) groups is 1. The molecule has 2 N–H and O–H groups in total. The van der Waals surface area contributed by atoms with E-state index in [0.717, 1.165) is 17.8 Å². The van der Waals surface area contributed by atoms with Gasteiger partial charge in [0.05, 0.1) is 13.5 Å². The Morgan fingerprint density at radius 2 is 1.75 bits per heavy atom. The van der Waals surface area contributed by atoms with Crippen LogP contribution in [0.5, 0.6) is 0 Å². The van der Waals surface area contributed by atoms with Crippen LogP contribution in [0, 0.1) is 17.8 Å². The van der Waals surface area contributed by atoms with Crippen molar-refractivity contribution in [3.8, 4) is 0 Å². The molecule has 112 valence electrons. The third kappa shape index (κ3) is 2.92. The maximum Gasteiger partial charge on any atom is 0.307 e. The fraction of sp³-hybridized carbons (Fsp3) is 0.867. The van der Waals surface area contributed by atoms with Crippen molar-refractivity contribution < 1.29 is 9.53 Å². The minimum atomic E-state index is -0.199. The molecule has 4 rings (SSSR count). The van der Waals surface area contributed by atoms with Crippen molar-refractivity contribution >= 4 is 23.3 Å². The molecule has 0 atom stereocenters. The molecule has 5 heteroatoms. The minimum Gasteiger partial charge on any atom is -0.469 e. The van der Waals surface area contributed by atoms with Gasteiger partial charge in [-0.15, -0.1) is 0 Å². The first kappa shape index (κ1) is 14.1. The fourth-order valence-corrected chi connectivity index (χ4v) is 5.25. The summed E-state index contributed by atoms with van der Waals surface area (Å²) in [4.78, 5) is 11.1. The molecular weight excluding hydrogens is 272 g/mol. The molecule has 4 saturated carbocycles. The maximum absolute atomic E-state index is 11.1. The van der Waals surface area contributed by atoms with Gasteiger partial charge in [0.1, 0.15) is 0 Å². The zero-order chi connectivity index (χ0) is 14.2. The predicted molar refractivity (Wildman–Crippen MR) is 81.3 cm³/mol. The normalized spacial score (nSPS) is 37.5. The summed E-state index contributed by atoms with van der Waals surface area (Å²) < 4.78 is 4.62. The van der Waals surface area contributed by atoms with Crippen LogP contribution in [-0.2, 0) is 9.53 Å². The van der Waals surface area contributed by atoms with Crippen LogP contribution in [0.15, 0.2) is 0 Å². The molecule has 4 bridgehead atoms. The van der Waals surface area contributed by atoms with Crippen LogP contribution in [0.1, 0.15) is 44.9 Å². The zero-order valence-corrected chi connectivity index (χ0v) is 12.9. The van der Waals surface area contributed by atoms with Gasteiger partial charge in [-0.05, 0) is 68.5 Å². The van der Waals surface area contributed by atoms with Gasteiger partial charge in [-0.1, -0.05) is 0 Å². The second-order valence-electron chi connectivity index (χ2n) is 6.90. The molecule has 0 unspecified atom stereocenters. The number of methoxy groups -OCH3 is 1. The second kappa shape index (κ2) is 5.51. The van der Waals surface area contributed by atoms with Crippen LogP contribution in [0.4, 0.5) is 0 Å². The van der Waals surface area contributed by atoms with Crippen molar-refractivity contribution in [1.29, 1.82) is 0 Å². The number of nitrogens with one attached hydrogen (secondary N) is 2. The molecule has 4 nitrogen and oxygen atoms in total. The molecule has 0 amide bonds. The first-order valence-electron chi connectivity index (χ1n) is 7.71. The third-order valence-corrected chi connectivity index (χ3v) is 5.51. The lowest BCUT2D eigenvalue weighted by atomic mass is 9.53. The van der Waals surface area contributed by atoms with Gasteiger partial charge in [0, 0.05) is 12.1 Å². The molecule has 0 aromatic heterocycles. The predicted octanol–water partition coefficient (Wildman–Crippen LogP) is 1.98. The number of hydrogen-bond acceptors (Lipinski definition) is 3. The number of ether oxygens (including phenoxy) is 1. The van der Waals surface area contributed by atoms with Gasteiger partial charge in [0.25, 0.3) is 0 Å². The first-order chi connectivity index (χ1) is 9.58. The van der Waals surface area contributed by atoms with E-state index in [4.69, 9.17) is 12.2 Å². The van der Waals surface area contributed by atoms with E-state index in [1.165, 1.54) is 45.6 Å².